The van der Waals surface area contributed by atoms with Gasteiger partial charge in [0.15, 0.2) is 11.7 Å². The van der Waals surface area contributed by atoms with Gasteiger partial charge in [-0.25, -0.2) is 0 Å². The molecule has 144 valence electrons. The first-order chi connectivity index (χ1) is 12.6. The van der Waals surface area contributed by atoms with Gasteiger partial charge >= 0.3 is 0 Å². The molecule has 1 amide bonds. The van der Waals surface area contributed by atoms with Crippen LogP contribution in [0.25, 0.3) is 0 Å². The molecule has 1 aromatic carbocycles. The lowest BCUT2D eigenvalue weighted by molar-refractivity contribution is -0.895. The summed E-state index contributed by atoms with van der Waals surface area (Å²) in [5.74, 6) is 1.10. The van der Waals surface area contributed by atoms with Gasteiger partial charge in [-0.15, -0.1) is 11.8 Å². The second kappa shape index (κ2) is 11.6. The summed E-state index contributed by atoms with van der Waals surface area (Å²) >= 11 is 13.2. The van der Waals surface area contributed by atoms with Crippen molar-refractivity contribution in [3.05, 3.63) is 29.3 Å². The van der Waals surface area contributed by atoms with Crippen molar-refractivity contribution in [1.29, 1.82) is 0 Å². The molecule has 1 fully saturated rings. The molecule has 26 heavy (non-hydrogen) atoms. The van der Waals surface area contributed by atoms with Gasteiger partial charge < -0.3 is 20.4 Å². The van der Waals surface area contributed by atoms with Crippen LogP contribution >= 0.6 is 35.6 Å². The van der Waals surface area contributed by atoms with E-state index in [4.69, 9.17) is 23.8 Å². The van der Waals surface area contributed by atoms with Crippen molar-refractivity contribution in [3.8, 4) is 0 Å². The molecule has 1 heterocycles. The number of thiocarbonyl (C=S) groups is 1. The number of thioether (sulfide) groups is 1. The van der Waals surface area contributed by atoms with E-state index in [-0.39, 0.29) is 5.91 Å². The van der Waals surface area contributed by atoms with Crippen molar-refractivity contribution >= 4 is 46.6 Å². The number of amides is 1. The van der Waals surface area contributed by atoms with Gasteiger partial charge in [-0.2, -0.15) is 0 Å². The Balaban J connectivity index is 1.59. The molecule has 0 aliphatic carbocycles. The molecule has 0 spiro atoms. The average Bonchev–Trinajstić information content (AvgIpc) is 2.65. The Kier molecular flexibility index (Phi) is 9.53. The number of hydrogen-bond acceptors (Lipinski definition) is 3. The van der Waals surface area contributed by atoms with E-state index in [0.717, 1.165) is 61.6 Å². The monoisotopic (exact) mass is 415 g/mol. The number of piperazine rings is 1. The lowest BCUT2D eigenvalue weighted by Gasteiger charge is -2.33. The minimum atomic E-state index is 0.148. The number of nitrogens with one attached hydrogen (secondary N) is 3. The number of carbonyl (C=O) groups excluding carboxylic acids is 1. The molecule has 0 aromatic heterocycles. The molecule has 1 aliphatic heterocycles. The second-order valence-corrected chi connectivity index (χ2v) is 8.29. The number of quaternary nitrogens is 1. The Hall–Kier alpha value is -1.02. The highest BCUT2D eigenvalue weighted by Gasteiger charge is 2.23. The first kappa shape index (κ1) is 21.3. The van der Waals surface area contributed by atoms with Crippen molar-refractivity contribution in [2.45, 2.75) is 18.2 Å². The van der Waals surface area contributed by atoms with E-state index in [1.165, 1.54) is 9.80 Å². The fourth-order valence-corrected chi connectivity index (χ4v) is 3.91. The molecule has 1 saturated heterocycles. The van der Waals surface area contributed by atoms with E-state index < -0.39 is 0 Å². The summed E-state index contributed by atoms with van der Waals surface area (Å²) in [4.78, 5) is 16.5. The quantitative estimate of drug-likeness (QED) is 0.336. The molecular weight excluding hydrogens is 388 g/mol. The summed E-state index contributed by atoms with van der Waals surface area (Å²) in [5, 5.41) is 7.86. The van der Waals surface area contributed by atoms with Gasteiger partial charge in [0.25, 0.3) is 5.91 Å². The van der Waals surface area contributed by atoms with Crippen LogP contribution < -0.4 is 15.5 Å². The zero-order valence-corrected chi connectivity index (χ0v) is 17.6. The topological polar surface area (TPSA) is 48.8 Å². The van der Waals surface area contributed by atoms with Crippen LogP contribution in [0.2, 0.25) is 5.02 Å². The largest absolute Gasteiger partial charge is 0.362 e. The van der Waals surface area contributed by atoms with Crippen LogP contribution in [-0.4, -0.2) is 67.5 Å². The average molecular weight is 416 g/mol. The number of benzene rings is 1. The van der Waals surface area contributed by atoms with Crippen LogP contribution in [0.5, 0.6) is 0 Å². The highest BCUT2D eigenvalue weighted by atomic mass is 35.5. The molecule has 0 radical (unpaired) electrons. The fourth-order valence-electron chi connectivity index (χ4n) is 2.73. The molecular formula is C18H28ClN4OS2+. The summed E-state index contributed by atoms with van der Waals surface area (Å²) < 4.78 is 0. The molecule has 0 bridgehead atoms. The summed E-state index contributed by atoms with van der Waals surface area (Å²) in [7, 11) is 0. The molecule has 0 atom stereocenters. The summed E-state index contributed by atoms with van der Waals surface area (Å²) in [6, 6.07) is 7.88. The van der Waals surface area contributed by atoms with Crippen molar-refractivity contribution in [1.82, 2.24) is 15.5 Å². The maximum Gasteiger partial charge on any atom is 0.275 e. The number of nitrogens with zero attached hydrogens (tertiary/aromatic N) is 1. The van der Waals surface area contributed by atoms with Crippen molar-refractivity contribution in [3.63, 3.8) is 0 Å². The van der Waals surface area contributed by atoms with Crippen molar-refractivity contribution < 1.29 is 9.69 Å². The third kappa shape index (κ3) is 7.70. The molecule has 3 N–H and O–H groups in total. The first-order valence-corrected chi connectivity index (χ1v) is 10.9. The summed E-state index contributed by atoms with van der Waals surface area (Å²) in [6.07, 6.45) is 0.977. The van der Waals surface area contributed by atoms with Crippen LogP contribution in [0.15, 0.2) is 29.2 Å². The minimum Gasteiger partial charge on any atom is -0.362 e. The van der Waals surface area contributed by atoms with Gasteiger partial charge in [-0.3, -0.25) is 4.79 Å². The Morgan fingerprint density at radius 1 is 1.23 bits per heavy atom. The Morgan fingerprint density at radius 3 is 2.58 bits per heavy atom. The number of rotatable bonds is 8. The lowest BCUT2D eigenvalue weighted by atomic mass is 10.3. The molecule has 0 saturated carbocycles. The van der Waals surface area contributed by atoms with Crippen LogP contribution in [-0.2, 0) is 4.79 Å². The molecule has 1 aromatic rings. The number of hydrogen-bond donors (Lipinski definition) is 3. The molecule has 8 heteroatoms. The van der Waals surface area contributed by atoms with Gasteiger partial charge in [-0.05, 0) is 42.9 Å². The smallest absolute Gasteiger partial charge is 0.275 e. The minimum absolute atomic E-state index is 0.148. The van der Waals surface area contributed by atoms with Gasteiger partial charge in [0.2, 0.25) is 0 Å². The molecule has 5 nitrogen and oxygen atoms in total. The zero-order valence-electron chi connectivity index (χ0n) is 15.2. The third-order valence-corrected chi connectivity index (χ3v) is 5.87. The molecule has 2 rings (SSSR count). The summed E-state index contributed by atoms with van der Waals surface area (Å²) in [6.45, 7) is 7.90. The van der Waals surface area contributed by atoms with Crippen LogP contribution in [0.1, 0.15) is 13.3 Å². The van der Waals surface area contributed by atoms with Crippen LogP contribution in [0.4, 0.5) is 0 Å². The normalized spacial score (nSPS) is 14.9. The predicted molar refractivity (Wildman–Crippen MR) is 113 cm³/mol. The van der Waals surface area contributed by atoms with Crippen LogP contribution in [0.3, 0.4) is 0 Å². The first-order valence-electron chi connectivity index (χ1n) is 9.10. The van der Waals surface area contributed by atoms with E-state index >= 15 is 0 Å². The van der Waals surface area contributed by atoms with Crippen molar-refractivity contribution in [2.24, 2.45) is 0 Å². The highest BCUT2D eigenvalue weighted by Crippen LogP contribution is 2.19. The highest BCUT2D eigenvalue weighted by molar-refractivity contribution is 7.99. The fraction of sp³-hybridized carbons (Fsp3) is 0.556. The SMILES string of the molecule is CCCNC(=O)C[NH+]1CCN(C(=S)NCCSc2ccc(Cl)cc2)CC1. The maximum absolute atomic E-state index is 11.8. The maximum atomic E-state index is 11.8. The van der Waals surface area contributed by atoms with Gasteiger partial charge in [-0.1, -0.05) is 18.5 Å². The van der Waals surface area contributed by atoms with Crippen LogP contribution in [0, 0.1) is 0 Å². The summed E-state index contributed by atoms with van der Waals surface area (Å²) in [5.41, 5.74) is 0. The number of halogens is 1. The standard InChI is InChI=1S/C18H27ClN4OS2/c1-2-7-20-17(24)14-22-9-11-23(12-10-22)18(25)21-8-13-26-16-5-3-15(19)4-6-16/h3-6H,2,7-14H2,1H3,(H,20,24)(H,21,25)/p+1. The molecule has 0 unspecified atom stereocenters. The Bertz CT molecular complexity index is 577. The van der Waals surface area contributed by atoms with E-state index in [1.807, 2.05) is 24.3 Å². The number of carbonyl (C=O) groups is 1. The lowest BCUT2D eigenvalue weighted by Crippen LogP contribution is -3.16. The van der Waals surface area contributed by atoms with Gasteiger partial charge in [0.1, 0.15) is 0 Å². The second-order valence-electron chi connectivity index (χ2n) is 6.30. The predicted octanol–water partition coefficient (Wildman–Crippen LogP) is 1.03. The zero-order chi connectivity index (χ0) is 18.8. The van der Waals surface area contributed by atoms with Gasteiger partial charge in [0, 0.05) is 28.8 Å². The Morgan fingerprint density at radius 2 is 1.92 bits per heavy atom. The Labute approximate surface area is 170 Å². The van der Waals surface area contributed by atoms with E-state index in [2.05, 4.69) is 22.5 Å². The van der Waals surface area contributed by atoms with Crippen molar-refractivity contribution in [2.75, 3.05) is 51.6 Å². The van der Waals surface area contributed by atoms with E-state index in [1.54, 1.807) is 11.8 Å². The van der Waals surface area contributed by atoms with Gasteiger partial charge in [0.05, 0.1) is 26.2 Å². The van der Waals surface area contributed by atoms with E-state index in [0.29, 0.717) is 6.54 Å². The van der Waals surface area contributed by atoms with E-state index in [9.17, 15) is 4.79 Å². The third-order valence-electron chi connectivity index (χ3n) is 4.20. The molecule has 1 aliphatic rings.